The van der Waals surface area contributed by atoms with Gasteiger partial charge in [0, 0.05) is 24.2 Å². The van der Waals surface area contributed by atoms with Crippen molar-refractivity contribution < 1.29 is 0 Å². The first-order chi connectivity index (χ1) is 9.34. The van der Waals surface area contributed by atoms with E-state index in [4.69, 9.17) is 0 Å². The van der Waals surface area contributed by atoms with Gasteiger partial charge in [-0.25, -0.2) is 0 Å². The van der Waals surface area contributed by atoms with Crippen LogP contribution in [0.4, 0.5) is 11.4 Å². The number of hydrogen-bond donors (Lipinski definition) is 1. The van der Waals surface area contributed by atoms with E-state index in [0.29, 0.717) is 0 Å². The fourth-order valence-corrected chi connectivity index (χ4v) is 3.19. The summed E-state index contributed by atoms with van der Waals surface area (Å²) >= 11 is 1.83. The largest absolute Gasteiger partial charge is 0.381 e. The van der Waals surface area contributed by atoms with Crippen LogP contribution in [-0.2, 0) is 0 Å². The Bertz CT molecular complexity index is 593. The second kappa shape index (κ2) is 5.41. The summed E-state index contributed by atoms with van der Waals surface area (Å²) in [6, 6.07) is 18.8. The summed E-state index contributed by atoms with van der Waals surface area (Å²) in [4.78, 5) is 3.57. The first kappa shape index (κ1) is 12.2. The number of thioether (sulfide) groups is 1. The molecule has 2 aromatic carbocycles. The summed E-state index contributed by atoms with van der Waals surface area (Å²) in [6.07, 6.45) is 2.23. The lowest BCUT2D eigenvalue weighted by Crippen LogP contribution is -2.11. The van der Waals surface area contributed by atoms with Gasteiger partial charge in [-0.3, -0.25) is 0 Å². The fraction of sp³-hybridized carbons (Fsp3) is 0.125. The van der Waals surface area contributed by atoms with Crippen LogP contribution in [-0.4, -0.2) is 13.6 Å². The molecule has 0 bridgehead atoms. The molecule has 2 nitrogen and oxygen atoms in total. The number of rotatable bonds is 3. The first-order valence-corrected chi connectivity index (χ1v) is 7.16. The van der Waals surface area contributed by atoms with Gasteiger partial charge in [0.15, 0.2) is 0 Å². The maximum Gasteiger partial charge on any atom is 0.0775 e. The van der Waals surface area contributed by atoms with Crippen molar-refractivity contribution in [2.75, 3.05) is 23.8 Å². The predicted octanol–water partition coefficient (Wildman–Crippen LogP) is 4.18. The molecule has 96 valence electrons. The second-order valence-corrected chi connectivity index (χ2v) is 5.48. The molecule has 0 radical (unpaired) electrons. The number of para-hydroxylation sites is 2. The number of hydrogen-bond acceptors (Lipinski definition) is 3. The fourth-order valence-electron chi connectivity index (χ4n) is 2.11. The van der Waals surface area contributed by atoms with Crippen molar-refractivity contribution in [1.29, 1.82) is 0 Å². The quantitative estimate of drug-likeness (QED) is 0.899. The molecule has 3 rings (SSSR count). The molecular weight excluding hydrogens is 252 g/mol. The third-order valence-electron chi connectivity index (χ3n) is 3.13. The highest BCUT2D eigenvalue weighted by Gasteiger charge is 2.20. The number of fused-ring (bicyclic) bond motifs is 1. The molecule has 1 N–H and O–H groups in total. The molecule has 0 aromatic heterocycles. The smallest absolute Gasteiger partial charge is 0.0775 e. The van der Waals surface area contributed by atoms with E-state index in [1.54, 1.807) is 0 Å². The van der Waals surface area contributed by atoms with E-state index in [1.165, 1.54) is 15.6 Å². The van der Waals surface area contributed by atoms with E-state index in [-0.39, 0.29) is 0 Å². The van der Waals surface area contributed by atoms with Crippen molar-refractivity contribution >= 4 is 23.1 Å². The second-order valence-electron chi connectivity index (χ2n) is 4.42. The number of anilines is 2. The summed E-state index contributed by atoms with van der Waals surface area (Å²) in [6.45, 7) is 0.838. The molecule has 1 heterocycles. The topological polar surface area (TPSA) is 15.3 Å². The van der Waals surface area contributed by atoms with Gasteiger partial charge in [0.05, 0.1) is 10.7 Å². The highest BCUT2D eigenvalue weighted by molar-refractivity contribution is 8.03. The zero-order chi connectivity index (χ0) is 13.1. The Morgan fingerprint density at radius 3 is 2.58 bits per heavy atom. The Labute approximate surface area is 118 Å². The van der Waals surface area contributed by atoms with Crippen LogP contribution in [0.3, 0.4) is 0 Å². The molecule has 0 spiro atoms. The molecule has 0 aliphatic carbocycles. The SMILES string of the molecule is CN1C(=CCNc2ccccc2)Sc2ccccc21. The molecule has 1 aliphatic heterocycles. The van der Waals surface area contributed by atoms with Crippen LogP contribution in [0.15, 0.2) is 70.6 Å². The zero-order valence-corrected chi connectivity index (χ0v) is 11.7. The van der Waals surface area contributed by atoms with E-state index in [9.17, 15) is 0 Å². The van der Waals surface area contributed by atoms with Crippen molar-refractivity contribution in [3.05, 3.63) is 65.7 Å². The lowest BCUT2D eigenvalue weighted by Gasteiger charge is -2.13. The Balaban J connectivity index is 1.67. The number of benzene rings is 2. The van der Waals surface area contributed by atoms with Crippen LogP contribution < -0.4 is 10.2 Å². The van der Waals surface area contributed by atoms with Crippen LogP contribution in [0.1, 0.15) is 0 Å². The Hall–Kier alpha value is -1.87. The van der Waals surface area contributed by atoms with Crippen molar-refractivity contribution in [1.82, 2.24) is 0 Å². The minimum Gasteiger partial charge on any atom is -0.381 e. The van der Waals surface area contributed by atoms with Gasteiger partial charge in [0.1, 0.15) is 0 Å². The molecule has 3 heteroatoms. The molecule has 0 amide bonds. The van der Waals surface area contributed by atoms with E-state index < -0.39 is 0 Å². The summed E-state index contributed by atoms with van der Waals surface area (Å²) in [5.74, 6) is 0. The molecule has 2 aromatic rings. The predicted molar refractivity (Wildman–Crippen MR) is 83.7 cm³/mol. The maximum atomic E-state index is 3.40. The zero-order valence-electron chi connectivity index (χ0n) is 10.8. The van der Waals surface area contributed by atoms with Crippen molar-refractivity contribution in [2.24, 2.45) is 0 Å². The van der Waals surface area contributed by atoms with Crippen LogP contribution in [0.2, 0.25) is 0 Å². The average molecular weight is 268 g/mol. The van der Waals surface area contributed by atoms with Crippen LogP contribution in [0.5, 0.6) is 0 Å². The van der Waals surface area contributed by atoms with Crippen LogP contribution >= 0.6 is 11.8 Å². The van der Waals surface area contributed by atoms with E-state index in [2.05, 4.69) is 59.7 Å². The Kier molecular flexibility index (Phi) is 3.47. The van der Waals surface area contributed by atoms with E-state index in [0.717, 1.165) is 12.2 Å². The summed E-state index contributed by atoms with van der Waals surface area (Å²) in [7, 11) is 2.12. The van der Waals surface area contributed by atoms with Gasteiger partial charge in [-0.15, -0.1) is 0 Å². The summed E-state index contributed by atoms with van der Waals surface area (Å²) in [5, 5.41) is 4.68. The van der Waals surface area contributed by atoms with Crippen molar-refractivity contribution in [3.8, 4) is 0 Å². The molecule has 0 saturated heterocycles. The monoisotopic (exact) mass is 268 g/mol. The van der Waals surface area contributed by atoms with Crippen LogP contribution in [0.25, 0.3) is 0 Å². The third kappa shape index (κ3) is 2.61. The molecule has 0 saturated carbocycles. The third-order valence-corrected chi connectivity index (χ3v) is 4.34. The Morgan fingerprint density at radius 2 is 1.79 bits per heavy atom. The lowest BCUT2D eigenvalue weighted by atomic mass is 10.3. The summed E-state index contributed by atoms with van der Waals surface area (Å²) in [5.41, 5.74) is 2.45. The number of nitrogens with one attached hydrogen (secondary N) is 1. The molecular formula is C16H16N2S. The van der Waals surface area contributed by atoms with Gasteiger partial charge < -0.3 is 10.2 Å². The van der Waals surface area contributed by atoms with Crippen LogP contribution in [0, 0.1) is 0 Å². The van der Waals surface area contributed by atoms with Gasteiger partial charge in [0.2, 0.25) is 0 Å². The maximum absolute atomic E-state index is 3.40. The van der Waals surface area contributed by atoms with E-state index >= 15 is 0 Å². The van der Waals surface area contributed by atoms with Crippen molar-refractivity contribution in [3.63, 3.8) is 0 Å². The minimum atomic E-state index is 0.838. The van der Waals surface area contributed by atoms with Gasteiger partial charge in [-0.1, -0.05) is 42.1 Å². The standard InChI is InChI=1S/C16H16N2S/c1-18-14-9-5-6-10-15(14)19-16(18)11-12-17-13-7-3-2-4-8-13/h2-11,17H,12H2,1H3. The summed E-state index contributed by atoms with van der Waals surface area (Å²) < 4.78 is 0. The molecule has 0 atom stereocenters. The van der Waals surface area contributed by atoms with Gasteiger partial charge in [0.25, 0.3) is 0 Å². The van der Waals surface area contributed by atoms with Gasteiger partial charge >= 0.3 is 0 Å². The molecule has 0 fully saturated rings. The van der Waals surface area contributed by atoms with Crippen molar-refractivity contribution in [2.45, 2.75) is 4.90 Å². The molecule has 0 unspecified atom stereocenters. The van der Waals surface area contributed by atoms with Gasteiger partial charge in [-0.2, -0.15) is 0 Å². The first-order valence-electron chi connectivity index (χ1n) is 6.34. The molecule has 1 aliphatic rings. The normalized spacial score (nSPS) is 15.6. The highest BCUT2D eigenvalue weighted by Crippen LogP contribution is 2.44. The average Bonchev–Trinajstić information content (AvgIpc) is 2.78. The molecule has 19 heavy (non-hydrogen) atoms. The minimum absolute atomic E-state index is 0.838. The van der Waals surface area contributed by atoms with Gasteiger partial charge in [-0.05, 0) is 30.3 Å². The highest BCUT2D eigenvalue weighted by atomic mass is 32.2. The number of nitrogens with zero attached hydrogens (tertiary/aromatic N) is 1. The lowest BCUT2D eigenvalue weighted by molar-refractivity contribution is 1.16. The Morgan fingerprint density at radius 1 is 1.05 bits per heavy atom. The van der Waals surface area contributed by atoms with E-state index in [1.807, 2.05) is 30.0 Å².